The summed E-state index contributed by atoms with van der Waals surface area (Å²) in [6, 6.07) is 6.11. The molecule has 2 rings (SSSR count). The molecule has 3 N–H and O–H groups in total. The van der Waals surface area contributed by atoms with Crippen molar-refractivity contribution in [3.8, 4) is 0 Å². The highest BCUT2D eigenvalue weighted by atomic mass is 16.3. The molecule has 0 bridgehead atoms. The van der Waals surface area contributed by atoms with Gasteiger partial charge in [0.15, 0.2) is 5.43 Å². The number of rotatable bonds is 4. The smallest absolute Gasteiger partial charge is 0.192 e. The van der Waals surface area contributed by atoms with Gasteiger partial charge in [-0.3, -0.25) is 4.79 Å². The fourth-order valence-corrected chi connectivity index (χ4v) is 1.83. The van der Waals surface area contributed by atoms with Gasteiger partial charge in [-0.1, -0.05) is 6.07 Å². The standard InChI is InChI=1S/C13H15NO4/c1-14-7-11(16)13(17)8-2-3-12-9(6-8)10(15)4-5-18-12/h2-6,11,13-14,16-17H,7H2,1H3. The summed E-state index contributed by atoms with van der Waals surface area (Å²) in [5.41, 5.74) is 0.777. The lowest BCUT2D eigenvalue weighted by molar-refractivity contribution is 0.0203. The van der Waals surface area contributed by atoms with E-state index < -0.39 is 12.2 Å². The predicted octanol–water partition coefficient (Wildman–Crippen LogP) is 0.407. The number of likely N-dealkylation sites (N-methyl/N-ethyl adjacent to an activating group) is 1. The van der Waals surface area contributed by atoms with Crippen LogP contribution < -0.4 is 10.7 Å². The van der Waals surface area contributed by atoms with Gasteiger partial charge in [0.25, 0.3) is 0 Å². The Labute approximate surface area is 104 Å². The lowest BCUT2D eigenvalue weighted by Gasteiger charge is -2.17. The molecule has 0 saturated carbocycles. The third-order valence-corrected chi connectivity index (χ3v) is 2.80. The summed E-state index contributed by atoms with van der Waals surface area (Å²) in [4.78, 5) is 11.6. The van der Waals surface area contributed by atoms with Crippen LogP contribution in [0.3, 0.4) is 0 Å². The van der Waals surface area contributed by atoms with Crippen molar-refractivity contribution in [2.75, 3.05) is 13.6 Å². The summed E-state index contributed by atoms with van der Waals surface area (Å²) < 4.78 is 5.18. The molecule has 0 spiro atoms. The van der Waals surface area contributed by atoms with E-state index in [0.29, 0.717) is 16.5 Å². The molecule has 1 aromatic carbocycles. The summed E-state index contributed by atoms with van der Waals surface area (Å²) in [6.07, 6.45) is -0.638. The second kappa shape index (κ2) is 5.30. The van der Waals surface area contributed by atoms with Crippen molar-refractivity contribution in [2.45, 2.75) is 12.2 Å². The fourth-order valence-electron chi connectivity index (χ4n) is 1.83. The van der Waals surface area contributed by atoms with Crippen LogP contribution >= 0.6 is 0 Å². The van der Waals surface area contributed by atoms with Crippen LogP contribution in [-0.2, 0) is 0 Å². The van der Waals surface area contributed by atoms with Crippen molar-refractivity contribution >= 4 is 11.0 Å². The van der Waals surface area contributed by atoms with Gasteiger partial charge in [0.1, 0.15) is 11.7 Å². The van der Waals surface area contributed by atoms with Crippen molar-refractivity contribution in [1.82, 2.24) is 5.32 Å². The number of nitrogens with one attached hydrogen (secondary N) is 1. The van der Waals surface area contributed by atoms with E-state index in [0.717, 1.165) is 0 Å². The lowest BCUT2D eigenvalue weighted by atomic mass is 10.0. The first-order chi connectivity index (χ1) is 8.63. The predicted molar refractivity (Wildman–Crippen MR) is 67.4 cm³/mol. The lowest BCUT2D eigenvalue weighted by Crippen LogP contribution is -2.29. The van der Waals surface area contributed by atoms with Gasteiger partial charge in [0, 0.05) is 12.6 Å². The van der Waals surface area contributed by atoms with Gasteiger partial charge in [0.05, 0.1) is 17.8 Å². The largest absolute Gasteiger partial charge is 0.464 e. The molecular formula is C13H15NO4. The molecule has 18 heavy (non-hydrogen) atoms. The van der Waals surface area contributed by atoms with Gasteiger partial charge < -0.3 is 19.9 Å². The van der Waals surface area contributed by atoms with Gasteiger partial charge >= 0.3 is 0 Å². The van der Waals surface area contributed by atoms with Crippen LogP contribution in [0.5, 0.6) is 0 Å². The number of hydrogen-bond acceptors (Lipinski definition) is 5. The van der Waals surface area contributed by atoms with Crippen LogP contribution in [-0.4, -0.2) is 29.9 Å². The third kappa shape index (κ3) is 2.43. The van der Waals surface area contributed by atoms with Gasteiger partial charge in [0.2, 0.25) is 0 Å². The Morgan fingerprint density at radius 1 is 1.33 bits per heavy atom. The molecule has 1 aromatic heterocycles. The second-order valence-electron chi connectivity index (χ2n) is 4.11. The molecule has 0 aliphatic heterocycles. The molecule has 0 saturated heterocycles. The number of fused-ring (bicyclic) bond motifs is 1. The summed E-state index contributed by atoms with van der Waals surface area (Å²) in [6.45, 7) is 0.266. The van der Waals surface area contributed by atoms with Crippen LogP contribution in [0.4, 0.5) is 0 Å². The molecule has 2 atom stereocenters. The Morgan fingerprint density at radius 3 is 2.83 bits per heavy atom. The third-order valence-electron chi connectivity index (χ3n) is 2.80. The highest BCUT2D eigenvalue weighted by Gasteiger charge is 2.18. The van der Waals surface area contributed by atoms with Crippen molar-refractivity contribution in [3.63, 3.8) is 0 Å². The Balaban J connectivity index is 2.40. The Hall–Kier alpha value is -1.69. The summed E-state index contributed by atoms with van der Waals surface area (Å²) >= 11 is 0. The number of aliphatic hydroxyl groups excluding tert-OH is 2. The van der Waals surface area contributed by atoms with E-state index in [1.807, 2.05) is 0 Å². The molecule has 1 heterocycles. The maximum absolute atomic E-state index is 11.6. The monoisotopic (exact) mass is 249 g/mol. The highest BCUT2D eigenvalue weighted by Crippen LogP contribution is 2.20. The Morgan fingerprint density at radius 2 is 2.11 bits per heavy atom. The minimum atomic E-state index is -1.04. The molecule has 0 aliphatic carbocycles. The molecule has 0 amide bonds. The Bertz CT molecular complexity index is 593. The zero-order chi connectivity index (χ0) is 13.1. The van der Waals surface area contributed by atoms with Crippen LogP contribution in [0.25, 0.3) is 11.0 Å². The van der Waals surface area contributed by atoms with Crippen molar-refractivity contribution in [3.05, 3.63) is 46.3 Å². The zero-order valence-electron chi connectivity index (χ0n) is 9.96. The van der Waals surface area contributed by atoms with E-state index in [1.54, 1.807) is 25.2 Å². The number of aliphatic hydroxyl groups is 2. The molecule has 0 aliphatic rings. The van der Waals surface area contributed by atoms with E-state index in [9.17, 15) is 15.0 Å². The number of benzene rings is 1. The molecule has 5 heteroatoms. The van der Waals surface area contributed by atoms with Gasteiger partial charge in [-0.15, -0.1) is 0 Å². The average Bonchev–Trinajstić information content (AvgIpc) is 2.38. The van der Waals surface area contributed by atoms with Crippen LogP contribution in [0.2, 0.25) is 0 Å². The van der Waals surface area contributed by atoms with Gasteiger partial charge in [-0.2, -0.15) is 0 Å². The normalized spacial score (nSPS) is 14.6. The summed E-state index contributed by atoms with van der Waals surface area (Å²) in [7, 11) is 1.69. The molecule has 2 aromatic rings. The molecule has 2 unspecified atom stereocenters. The minimum absolute atomic E-state index is 0.173. The second-order valence-corrected chi connectivity index (χ2v) is 4.11. The molecule has 0 fully saturated rings. The first kappa shape index (κ1) is 12.8. The summed E-state index contributed by atoms with van der Waals surface area (Å²) in [5.74, 6) is 0. The Kier molecular flexibility index (Phi) is 3.76. The zero-order valence-corrected chi connectivity index (χ0v) is 9.96. The van der Waals surface area contributed by atoms with E-state index in [-0.39, 0.29) is 12.0 Å². The van der Waals surface area contributed by atoms with E-state index in [1.165, 1.54) is 12.3 Å². The first-order valence-corrected chi connectivity index (χ1v) is 5.65. The van der Waals surface area contributed by atoms with E-state index >= 15 is 0 Å². The van der Waals surface area contributed by atoms with Crippen molar-refractivity contribution in [2.24, 2.45) is 0 Å². The van der Waals surface area contributed by atoms with Crippen molar-refractivity contribution in [1.29, 1.82) is 0 Å². The van der Waals surface area contributed by atoms with Crippen LogP contribution in [0.1, 0.15) is 11.7 Å². The number of hydrogen-bond donors (Lipinski definition) is 3. The minimum Gasteiger partial charge on any atom is -0.464 e. The molecule has 0 radical (unpaired) electrons. The fraction of sp³-hybridized carbons (Fsp3) is 0.308. The van der Waals surface area contributed by atoms with Crippen molar-refractivity contribution < 1.29 is 14.6 Å². The van der Waals surface area contributed by atoms with Crippen LogP contribution in [0, 0.1) is 0 Å². The molecule has 5 nitrogen and oxygen atoms in total. The molecule has 96 valence electrons. The highest BCUT2D eigenvalue weighted by molar-refractivity contribution is 5.76. The quantitative estimate of drug-likeness (QED) is 0.731. The maximum Gasteiger partial charge on any atom is 0.192 e. The average molecular weight is 249 g/mol. The SMILES string of the molecule is CNCC(O)C(O)c1ccc2occc(=O)c2c1. The van der Waals surface area contributed by atoms with Gasteiger partial charge in [-0.05, 0) is 24.7 Å². The van der Waals surface area contributed by atoms with Gasteiger partial charge in [-0.25, -0.2) is 0 Å². The van der Waals surface area contributed by atoms with E-state index in [4.69, 9.17) is 4.42 Å². The van der Waals surface area contributed by atoms with E-state index in [2.05, 4.69) is 5.32 Å². The van der Waals surface area contributed by atoms with Crippen LogP contribution in [0.15, 0.2) is 39.7 Å². The molecular weight excluding hydrogens is 234 g/mol. The first-order valence-electron chi connectivity index (χ1n) is 5.65. The maximum atomic E-state index is 11.6. The topological polar surface area (TPSA) is 82.7 Å². The summed E-state index contributed by atoms with van der Waals surface area (Å²) in [5, 5.41) is 22.8.